The first-order valence-corrected chi connectivity index (χ1v) is 8.59. The van der Waals surface area contributed by atoms with Crippen LogP contribution in [0.2, 0.25) is 0 Å². The molecule has 1 aromatic rings. The molecule has 8 nitrogen and oxygen atoms in total. The molecule has 0 radical (unpaired) electrons. The molecule has 26 heavy (non-hydrogen) atoms. The van der Waals surface area contributed by atoms with Crippen LogP contribution >= 0.6 is 0 Å². The van der Waals surface area contributed by atoms with Crippen molar-refractivity contribution in [1.29, 1.82) is 0 Å². The van der Waals surface area contributed by atoms with Gasteiger partial charge in [-0.2, -0.15) is 0 Å². The molecular weight excluding hydrogens is 336 g/mol. The number of rotatable bonds is 4. The van der Waals surface area contributed by atoms with Crippen molar-refractivity contribution in [2.45, 2.75) is 19.9 Å². The molecule has 2 rings (SSSR count). The summed E-state index contributed by atoms with van der Waals surface area (Å²) in [5.74, 6) is -1.20. The van der Waals surface area contributed by atoms with Gasteiger partial charge in [0.2, 0.25) is 0 Å². The van der Waals surface area contributed by atoms with Gasteiger partial charge in [0.05, 0.1) is 5.92 Å². The Bertz CT molecular complexity index is 660. The molecule has 142 valence electrons. The number of urea groups is 2. The molecule has 0 spiro atoms. The van der Waals surface area contributed by atoms with Gasteiger partial charge in [-0.25, -0.2) is 9.59 Å². The van der Waals surface area contributed by atoms with Crippen LogP contribution in [-0.2, 0) is 11.3 Å². The standard InChI is InChI=1S/C18H26N4O4/c1-12-8-14(16(23)24)11-22(10-12)17(25)19-9-13-4-6-15(7-5-13)20-18(26)21(2)3/h4-7,12,14H,8-11H2,1-3H3,(H,19,25)(H,20,26)(H,23,24). The molecule has 3 N–H and O–H groups in total. The fraction of sp³-hybridized carbons (Fsp3) is 0.500. The SMILES string of the molecule is CC1CC(C(=O)O)CN(C(=O)NCc2ccc(NC(=O)N(C)C)cc2)C1. The molecule has 2 unspecified atom stereocenters. The largest absolute Gasteiger partial charge is 0.481 e. The maximum Gasteiger partial charge on any atom is 0.321 e. The van der Waals surface area contributed by atoms with Crippen LogP contribution in [0.4, 0.5) is 15.3 Å². The lowest BCUT2D eigenvalue weighted by Gasteiger charge is -2.34. The van der Waals surface area contributed by atoms with E-state index < -0.39 is 11.9 Å². The van der Waals surface area contributed by atoms with Crippen molar-refractivity contribution in [1.82, 2.24) is 15.1 Å². The Morgan fingerprint density at radius 1 is 1.19 bits per heavy atom. The summed E-state index contributed by atoms with van der Waals surface area (Å²) in [5.41, 5.74) is 1.56. The van der Waals surface area contributed by atoms with Crippen molar-refractivity contribution < 1.29 is 19.5 Å². The number of carboxylic acid groups (broad SMARTS) is 1. The number of carbonyl (C=O) groups is 3. The number of nitrogens with zero attached hydrogens (tertiary/aromatic N) is 2. The second-order valence-electron chi connectivity index (χ2n) is 6.96. The van der Waals surface area contributed by atoms with Crippen LogP contribution in [-0.4, -0.2) is 60.1 Å². The highest BCUT2D eigenvalue weighted by Gasteiger charge is 2.31. The molecule has 1 aliphatic rings. The highest BCUT2D eigenvalue weighted by atomic mass is 16.4. The molecule has 0 bridgehead atoms. The summed E-state index contributed by atoms with van der Waals surface area (Å²) >= 11 is 0. The van der Waals surface area contributed by atoms with Crippen molar-refractivity contribution in [3.8, 4) is 0 Å². The van der Waals surface area contributed by atoms with E-state index in [9.17, 15) is 19.5 Å². The zero-order valence-electron chi connectivity index (χ0n) is 15.4. The number of likely N-dealkylation sites (tertiary alicyclic amines) is 1. The van der Waals surface area contributed by atoms with E-state index in [1.807, 2.05) is 19.1 Å². The molecule has 4 amide bonds. The molecule has 8 heteroatoms. The van der Waals surface area contributed by atoms with Crippen LogP contribution < -0.4 is 10.6 Å². The van der Waals surface area contributed by atoms with E-state index in [1.54, 1.807) is 31.1 Å². The molecule has 0 saturated carbocycles. The lowest BCUT2D eigenvalue weighted by molar-refractivity contribution is -0.143. The number of amides is 4. The number of piperidine rings is 1. The van der Waals surface area contributed by atoms with Gasteiger partial charge in [0.15, 0.2) is 0 Å². The normalized spacial score (nSPS) is 19.6. The molecule has 1 aliphatic heterocycles. The van der Waals surface area contributed by atoms with Crippen LogP contribution in [0.1, 0.15) is 18.9 Å². The van der Waals surface area contributed by atoms with E-state index in [0.717, 1.165) is 5.56 Å². The lowest BCUT2D eigenvalue weighted by atomic mass is 9.91. The number of hydrogen-bond donors (Lipinski definition) is 3. The van der Waals surface area contributed by atoms with Crippen LogP contribution in [0.5, 0.6) is 0 Å². The van der Waals surface area contributed by atoms with Crippen molar-refractivity contribution in [3.05, 3.63) is 29.8 Å². The Morgan fingerprint density at radius 2 is 1.85 bits per heavy atom. The van der Waals surface area contributed by atoms with Gasteiger partial charge in [-0.1, -0.05) is 19.1 Å². The fourth-order valence-electron chi connectivity index (χ4n) is 2.93. The molecule has 1 aromatic carbocycles. The second kappa shape index (κ2) is 8.55. The summed E-state index contributed by atoms with van der Waals surface area (Å²) in [4.78, 5) is 38.1. The van der Waals surface area contributed by atoms with Gasteiger partial charge in [-0.05, 0) is 30.0 Å². The van der Waals surface area contributed by atoms with Gasteiger partial charge < -0.3 is 25.5 Å². The minimum absolute atomic E-state index is 0.162. The van der Waals surface area contributed by atoms with Crippen molar-refractivity contribution in [2.24, 2.45) is 11.8 Å². The van der Waals surface area contributed by atoms with Gasteiger partial charge in [0.25, 0.3) is 0 Å². The van der Waals surface area contributed by atoms with Crippen LogP contribution in [0, 0.1) is 11.8 Å². The summed E-state index contributed by atoms with van der Waals surface area (Å²) in [6.07, 6.45) is 0.596. The Morgan fingerprint density at radius 3 is 2.42 bits per heavy atom. The summed E-state index contributed by atoms with van der Waals surface area (Å²) in [7, 11) is 3.32. The average Bonchev–Trinajstić information content (AvgIpc) is 2.60. The number of anilines is 1. The number of aliphatic carboxylic acids is 1. The predicted octanol–water partition coefficient (Wildman–Crippen LogP) is 2.03. The molecule has 0 aromatic heterocycles. The van der Waals surface area contributed by atoms with Crippen molar-refractivity contribution >= 4 is 23.7 Å². The summed E-state index contributed by atoms with van der Waals surface area (Å²) < 4.78 is 0. The zero-order chi connectivity index (χ0) is 19.3. The van der Waals surface area contributed by atoms with Crippen molar-refractivity contribution in [2.75, 3.05) is 32.5 Å². The topological polar surface area (TPSA) is 102 Å². The van der Waals surface area contributed by atoms with Crippen LogP contribution in [0.15, 0.2) is 24.3 Å². The highest BCUT2D eigenvalue weighted by Crippen LogP contribution is 2.21. The van der Waals surface area contributed by atoms with Crippen LogP contribution in [0.3, 0.4) is 0 Å². The molecule has 0 aliphatic carbocycles. The van der Waals surface area contributed by atoms with Gasteiger partial charge >= 0.3 is 18.0 Å². The van der Waals surface area contributed by atoms with E-state index in [-0.39, 0.29) is 24.5 Å². The molecule has 1 heterocycles. The third-order valence-electron chi connectivity index (χ3n) is 4.35. The van der Waals surface area contributed by atoms with Gasteiger partial charge in [-0.15, -0.1) is 0 Å². The minimum atomic E-state index is -0.857. The van der Waals surface area contributed by atoms with E-state index >= 15 is 0 Å². The van der Waals surface area contributed by atoms with Crippen LogP contribution in [0.25, 0.3) is 0 Å². The smallest absolute Gasteiger partial charge is 0.321 e. The van der Waals surface area contributed by atoms with Gasteiger partial charge in [0, 0.05) is 39.4 Å². The highest BCUT2D eigenvalue weighted by molar-refractivity contribution is 5.88. The lowest BCUT2D eigenvalue weighted by Crippen LogP contribution is -2.49. The first kappa shape index (κ1) is 19.6. The maximum absolute atomic E-state index is 12.3. The number of hydrogen-bond acceptors (Lipinski definition) is 3. The number of carbonyl (C=O) groups excluding carboxylic acids is 2. The quantitative estimate of drug-likeness (QED) is 0.763. The van der Waals surface area contributed by atoms with E-state index in [0.29, 0.717) is 25.2 Å². The Hall–Kier alpha value is -2.77. The molecule has 2 atom stereocenters. The Labute approximate surface area is 153 Å². The average molecular weight is 362 g/mol. The summed E-state index contributed by atoms with van der Waals surface area (Å²) in [6, 6.07) is 6.72. The Balaban J connectivity index is 1.87. The first-order valence-electron chi connectivity index (χ1n) is 8.59. The Kier molecular flexibility index (Phi) is 6.43. The minimum Gasteiger partial charge on any atom is -0.481 e. The van der Waals surface area contributed by atoms with Crippen molar-refractivity contribution in [3.63, 3.8) is 0 Å². The molecule has 1 fully saturated rings. The number of carboxylic acids is 1. The number of nitrogens with one attached hydrogen (secondary N) is 2. The third kappa shape index (κ3) is 5.37. The fourth-order valence-corrected chi connectivity index (χ4v) is 2.93. The van der Waals surface area contributed by atoms with Gasteiger partial charge in [0.1, 0.15) is 0 Å². The van der Waals surface area contributed by atoms with E-state index in [2.05, 4.69) is 10.6 Å². The predicted molar refractivity (Wildman–Crippen MR) is 97.9 cm³/mol. The van der Waals surface area contributed by atoms with Gasteiger partial charge in [-0.3, -0.25) is 4.79 Å². The second-order valence-corrected chi connectivity index (χ2v) is 6.96. The number of benzene rings is 1. The maximum atomic E-state index is 12.3. The molecule has 1 saturated heterocycles. The van der Waals surface area contributed by atoms with E-state index in [4.69, 9.17) is 0 Å². The summed E-state index contributed by atoms with van der Waals surface area (Å²) in [6.45, 7) is 3.09. The zero-order valence-corrected chi connectivity index (χ0v) is 15.4. The monoisotopic (exact) mass is 362 g/mol. The summed E-state index contributed by atoms with van der Waals surface area (Å²) in [5, 5.41) is 14.8. The van der Waals surface area contributed by atoms with E-state index in [1.165, 1.54) is 4.90 Å². The third-order valence-corrected chi connectivity index (χ3v) is 4.35. The first-order chi connectivity index (χ1) is 12.3. The molecular formula is C18H26N4O4.